The van der Waals surface area contributed by atoms with Crippen LogP contribution in [0, 0.1) is 5.95 Å². The molecule has 0 aliphatic carbocycles. The van der Waals surface area contributed by atoms with E-state index in [0.717, 1.165) is 46.8 Å². The van der Waals surface area contributed by atoms with E-state index in [1.54, 1.807) is 12.3 Å². The Balaban J connectivity index is 1.56. The van der Waals surface area contributed by atoms with E-state index in [1.807, 2.05) is 18.2 Å². The van der Waals surface area contributed by atoms with Crippen LogP contribution in [0.1, 0.15) is 12.0 Å². The van der Waals surface area contributed by atoms with Crippen LogP contribution in [0.15, 0.2) is 41.0 Å². The molecular formula is C16H16BrClFN3. The van der Waals surface area contributed by atoms with Gasteiger partial charge >= 0.3 is 0 Å². The lowest BCUT2D eigenvalue weighted by Crippen LogP contribution is -2.32. The van der Waals surface area contributed by atoms with Crippen LogP contribution in [0.2, 0.25) is 5.02 Å². The van der Waals surface area contributed by atoms with Gasteiger partial charge in [-0.2, -0.15) is 4.39 Å². The van der Waals surface area contributed by atoms with Crippen molar-refractivity contribution in [2.24, 2.45) is 0 Å². The molecule has 1 aromatic carbocycles. The third kappa shape index (κ3) is 3.77. The molecule has 0 amide bonds. The number of hydrogen-bond donors (Lipinski definition) is 1. The van der Waals surface area contributed by atoms with Gasteiger partial charge < -0.3 is 10.2 Å². The predicted molar refractivity (Wildman–Crippen MR) is 90.8 cm³/mol. The molecule has 2 aromatic rings. The van der Waals surface area contributed by atoms with Gasteiger partial charge in [0, 0.05) is 35.2 Å². The lowest BCUT2D eigenvalue weighted by atomic mass is 10.2. The van der Waals surface area contributed by atoms with Gasteiger partial charge in [-0.05, 0) is 36.2 Å². The minimum atomic E-state index is -0.442. The number of benzene rings is 1. The average Bonchev–Trinajstić information content (AvgIpc) is 2.96. The van der Waals surface area contributed by atoms with E-state index >= 15 is 0 Å². The normalized spacial score (nSPS) is 18.0. The second-order valence-corrected chi connectivity index (χ2v) is 6.71. The standard InChI is InChI=1S/C16H16BrClFN3/c17-12-2-1-11(15(18)7-12)8-20-13-5-6-22(10-13)14-3-4-16(19)21-9-14/h1-4,7,9,13,20H,5-6,8,10H2. The van der Waals surface area contributed by atoms with Crippen LogP contribution in [0.4, 0.5) is 10.1 Å². The number of aromatic nitrogens is 1. The summed E-state index contributed by atoms with van der Waals surface area (Å²) in [6, 6.07) is 9.49. The van der Waals surface area contributed by atoms with Gasteiger partial charge in [-0.25, -0.2) is 4.98 Å². The summed E-state index contributed by atoms with van der Waals surface area (Å²) in [4.78, 5) is 5.93. The largest absolute Gasteiger partial charge is 0.369 e. The summed E-state index contributed by atoms with van der Waals surface area (Å²) in [5.41, 5.74) is 2.05. The van der Waals surface area contributed by atoms with Crippen molar-refractivity contribution in [1.82, 2.24) is 10.3 Å². The maximum absolute atomic E-state index is 12.9. The first kappa shape index (κ1) is 15.7. The van der Waals surface area contributed by atoms with Crippen LogP contribution in [0.3, 0.4) is 0 Å². The van der Waals surface area contributed by atoms with Crippen molar-refractivity contribution in [3.8, 4) is 0 Å². The van der Waals surface area contributed by atoms with Crippen molar-refractivity contribution in [3.63, 3.8) is 0 Å². The third-order valence-corrected chi connectivity index (χ3v) is 4.71. The first-order valence-electron chi connectivity index (χ1n) is 7.15. The highest BCUT2D eigenvalue weighted by Gasteiger charge is 2.22. The van der Waals surface area contributed by atoms with Crippen molar-refractivity contribution in [2.75, 3.05) is 18.0 Å². The number of nitrogens with one attached hydrogen (secondary N) is 1. The van der Waals surface area contributed by atoms with E-state index in [4.69, 9.17) is 11.6 Å². The number of halogens is 3. The molecule has 0 bridgehead atoms. The molecule has 0 spiro atoms. The maximum atomic E-state index is 12.9. The van der Waals surface area contributed by atoms with Gasteiger partial charge in [0.25, 0.3) is 0 Å². The van der Waals surface area contributed by atoms with E-state index in [1.165, 1.54) is 6.07 Å². The topological polar surface area (TPSA) is 28.2 Å². The van der Waals surface area contributed by atoms with E-state index in [0.29, 0.717) is 6.04 Å². The van der Waals surface area contributed by atoms with Gasteiger partial charge in [0.05, 0.1) is 11.9 Å². The van der Waals surface area contributed by atoms with Crippen molar-refractivity contribution in [3.05, 3.63) is 57.5 Å². The van der Waals surface area contributed by atoms with E-state index < -0.39 is 5.95 Å². The predicted octanol–water partition coefficient (Wildman–Crippen LogP) is 4.01. The molecule has 3 nitrogen and oxygen atoms in total. The van der Waals surface area contributed by atoms with Gasteiger partial charge in [0.1, 0.15) is 0 Å². The molecule has 1 unspecified atom stereocenters. The highest BCUT2D eigenvalue weighted by atomic mass is 79.9. The Kier molecular flexibility index (Phi) is 4.96. The summed E-state index contributed by atoms with van der Waals surface area (Å²) in [5, 5.41) is 4.30. The van der Waals surface area contributed by atoms with Crippen LogP contribution in [0.5, 0.6) is 0 Å². The molecule has 1 aromatic heterocycles. The zero-order valence-corrected chi connectivity index (χ0v) is 14.2. The fraction of sp³-hybridized carbons (Fsp3) is 0.312. The Bertz CT molecular complexity index is 650. The molecule has 2 heterocycles. The summed E-state index contributed by atoms with van der Waals surface area (Å²) >= 11 is 9.64. The quantitative estimate of drug-likeness (QED) is 0.808. The van der Waals surface area contributed by atoms with E-state index in [-0.39, 0.29) is 0 Å². The van der Waals surface area contributed by atoms with Gasteiger partial charge in [-0.15, -0.1) is 0 Å². The van der Waals surface area contributed by atoms with Gasteiger partial charge in [0.2, 0.25) is 5.95 Å². The fourth-order valence-electron chi connectivity index (χ4n) is 2.64. The Labute approximate surface area is 142 Å². The minimum absolute atomic E-state index is 0.393. The van der Waals surface area contributed by atoms with Gasteiger partial charge in [-0.3, -0.25) is 0 Å². The van der Waals surface area contributed by atoms with Crippen molar-refractivity contribution < 1.29 is 4.39 Å². The summed E-state index contributed by atoms with van der Waals surface area (Å²) < 4.78 is 13.9. The molecule has 1 fully saturated rings. The maximum Gasteiger partial charge on any atom is 0.212 e. The van der Waals surface area contributed by atoms with Crippen LogP contribution < -0.4 is 10.2 Å². The number of nitrogens with zero attached hydrogens (tertiary/aromatic N) is 2. The van der Waals surface area contributed by atoms with Gasteiger partial charge in [-0.1, -0.05) is 33.6 Å². The second kappa shape index (κ2) is 6.94. The minimum Gasteiger partial charge on any atom is -0.369 e. The molecule has 3 rings (SSSR count). The number of rotatable bonds is 4. The molecule has 0 radical (unpaired) electrons. The lowest BCUT2D eigenvalue weighted by Gasteiger charge is -2.18. The zero-order valence-electron chi connectivity index (χ0n) is 11.9. The summed E-state index contributed by atoms with van der Waals surface area (Å²) in [7, 11) is 0. The fourth-order valence-corrected chi connectivity index (χ4v) is 3.38. The van der Waals surface area contributed by atoms with Crippen LogP contribution >= 0.6 is 27.5 Å². The molecule has 0 saturated carbocycles. The summed E-state index contributed by atoms with van der Waals surface area (Å²) in [5.74, 6) is -0.442. The Hall–Kier alpha value is -1.17. The molecule has 1 N–H and O–H groups in total. The SMILES string of the molecule is Fc1ccc(N2CCC(NCc3ccc(Br)cc3Cl)C2)cn1. The summed E-state index contributed by atoms with van der Waals surface area (Å²) in [6.45, 7) is 2.58. The first-order chi connectivity index (χ1) is 10.6. The smallest absolute Gasteiger partial charge is 0.212 e. The first-order valence-corrected chi connectivity index (χ1v) is 8.33. The highest BCUT2D eigenvalue weighted by molar-refractivity contribution is 9.10. The molecule has 22 heavy (non-hydrogen) atoms. The van der Waals surface area contributed by atoms with E-state index in [2.05, 4.69) is 31.1 Å². The number of anilines is 1. The van der Waals surface area contributed by atoms with Crippen LogP contribution in [-0.2, 0) is 6.54 Å². The highest BCUT2D eigenvalue weighted by Crippen LogP contribution is 2.23. The van der Waals surface area contributed by atoms with Crippen LogP contribution in [-0.4, -0.2) is 24.1 Å². The van der Waals surface area contributed by atoms with Crippen molar-refractivity contribution >= 4 is 33.2 Å². The summed E-state index contributed by atoms with van der Waals surface area (Å²) in [6.07, 6.45) is 2.63. The second-order valence-electron chi connectivity index (χ2n) is 5.39. The molecule has 116 valence electrons. The number of pyridine rings is 1. The molecular weight excluding hydrogens is 369 g/mol. The number of hydrogen-bond acceptors (Lipinski definition) is 3. The Morgan fingerprint density at radius 1 is 1.36 bits per heavy atom. The molecule has 1 atom stereocenters. The molecule has 6 heteroatoms. The van der Waals surface area contributed by atoms with Crippen molar-refractivity contribution in [2.45, 2.75) is 19.0 Å². The Morgan fingerprint density at radius 2 is 2.23 bits per heavy atom. The van der Waals surface area contributed by atoms with Gasteiger partial charge in [0.15, 0.2) is 0 Å². The Morgan fingerprint density at radius 3 is 2.95 bits per heavy atom. The molecule has 1 aliphatic rings. The molecule has 1 saturated heterocycles. The zero-order chi connectivity index (χ0) is 15.5. The third-order valence-electron chi connectivity index (χ3n) is 3.86. The van der Waals surface area contributed by atoms with Crippen molar-refractivity contribution in [1.29, 1.82) is 0 Å². The van der Waals surface area contributed by atoms with Crippen LogP contribution in [0.25, 0.3) is 0 Å². The lowest BCUT2D eigenvalue weighted by molar-refractivity contribution is 0.551. The van der Waals surface area contributed by atoms with E-state index in [9.17, 15) is 4.39 Å². The molecule has 1 aliphatic heterocycles. The monoisotopic (exact) mass is 383 g/mol. The average molecular weight is 385 g/mol.